The van der Waals surface area contributed by atoms with Gasteiger partial charge in [0.05, 0.1) is 11.0 Å². The van der Waals surface area contributed by atoms with E-state index in [-0.39, 0.29) is 6.17 Å². The molecule has 1 aliphatic heterocycles. The molecule has 8 aromatic carbocycles. The van der Waals surface area contributed by atoms with Crippen LogP contribution in [0.4, 0.5) is 0 Å². The number of aromatic nitrogens is 1. The lowest BCUT2D eigenvalue weighted by molar-refractivity contribution is 0.662. The molecule has 0 bridgehead atoms. The van der Waals surface area contributed by atoms with Gasteiger partial charge < -0.3 is 14.3 Å². The number of amidine groups is 2. The normalized spacial score (nSPS) is 14.5. The van der Waals surface area contributed by atoms with Crippen molar-refractivity contribution in [3.63, 3.8) is 0 Å². The van der Waals surface area contributed by atoms with Crippen molar-refractivity contribution in [1.82, 2.24) is 9.88 Å². The van der Waals surface area contributed by atoms with E-state index in [1.807, 2.05) is 42.5 Å². The second kappa shape index (κ2) is 12.2. The molecule has 1 aliphatic rings. The maximum atomic E-state index is 6.71. The molecular weight excluding hydrogens is 661 g/mol. The van der Waals surface area contributed by atoms with Gasteiger partial charge in [-0.25, -0.2) is 9.98 Å². The second-order valence-electron chi connectivity index (χ2n) is 13.8. The molecule has 10 aromatic rings. The molecule has 5 heteroatoms. The Bertz CT molecular complexity index is 3120. The summed E-state index contributed by atoms with van der Waals surface area (Å²) in [6.45, 7) is 0. The second-order valence-corrected chi connectivity index (χ2v) is 13.8. The first-order valence-electron chi connectivity index (χ1n) is 18.3. The first-order valence-corrected chi connectivity index (χ1v) is 18.3. The van der Waals surface area contributed by atoms with E-state index in [1.54, 1.807) is 0 Å². The van der Waals surface area contributed by atoms with Crippen LogP contribution in [0.3, 0.4) is 0 Å². The van der Waals surface area contributed by atoms with Crippen LogP contribution in [0, 0.1) is 0 Å². The van der Waals surface area contributed by atoms with Crippen LogP contribution in [0.25, 0.3) is 71.3 Å². The van der Waals surface area contributed by atoms with Crippen LogP contribution in [-0.2, 0) is 0 Å². The van der Waals surface area contributed by atoms with E-state index < -0.39 is 0 Å². The van der Waals surface area contributed by atoms with Crippen molar-refractivity contribution in [2.45, 2.75) is 6.17 Å². The topological polar surface area (TPSA) is 54.8 Å². The van der Waals surface area contributed by atoms with Gasteiger partial charge in [0.1, 0.15) is 23.2 Å². The lowest BCUT2D eigenvalue weighted by Gasteiger charge is -2.24. The summed E-state index contributed by atoms with van der Waals surface area (Å²) >= 11 is 0. The van der Waals surface area contributed by atoms with Crippen LogP contribution in [0.5, 0.6) is 0 Å². The first-order chi connectivity index (χ1) is 26.8. The Balaban J connectivity index is 1.11. The molecule has 0 aliphatic carbocycles. The molecule has 0 saturated carbocycles. The van der Waals surface area contributed by atoms with E-state index in [4.69, 9.17) is 14.4 Å². The molecule has 0 radical (unpaired) electrons. The highest BCUT2D eigenvalue weighted by Gasteiger charge is 2.25. The molecular formula is C49H32N4O. The molecule has 1 atom stereocenters. The first kappa shape index (κ1) is 30.4. The summed E-state index contributed by atoms with van der Waals surface area (Å²) in [6, 6.07) is 63.8. The van der Waals surface area contributed by atoms with Crippen LogP contribution >= 0.6 is 0 Å². The average molecular weight is 693 g/mol. The Labute approximate surface area is 311 Å². The number of rotatable bonds is 5. The number of hydrogen-bond acceptors (Lipinski definition) is 4. The van der Waals surface area contributed by atoms with Gasteiger partial charge in [0.2, 0.25) is 0 Å². The van der Waals surface area contributed by atoms with Crippen LogP contribution in [0.2, 0.25) is 0 Å². The minimum atomic E-state index is -0.376. The third-order valence-electron chi connectivity index (χ3n) is 10.6. The smallest absolute Gasteiger partial charge is 0.159 e. The largest absolute Gasteiger partial charge is 0.456 e. The van der Waals surface area contributed by atoms with E-state index in [0.717, 1.165) is 61.2 Å². The molecule has 1 unspecified atom stereocenters. The summed E-state index contributed by atoms with van der Waals surface area (Å²) in [7, 11) is 0. The zero-order chi connectivity index (χ0) is 35.6. The van der Waals surface area contributed by atoms with Gasteiger partial charge in [-0.2, -0.15) is 0 Å². The minimum absolute atomic E-state index is 0.376. The fourth-order valence-corrected chi connectivity index (χ4v) is 8.25. The number of aliphatic imine (C=N–C) groups is 2. The molecule has 3 heterocycles. The number of nitrogens with one attached hydrogen (secondary N) is 1. The molecule has 0 saturated heterocycles. The van der Waals surface area contributed by atoms with Crippen LogP contribution in [0.1, 0.15) is 22.9 Å². The van der Waals surface area contributed by atoms with Crippen molar-refractivity contribution in [3.05, 3.63) is 199 Å². The summed E-state index contributed by atoms with van der Waals surface area (Å²) in [6.07, 6.45) is -0.376. The zero-order valence-corrected chi connectivity index (χ0v) is 29.1. The predicted molar refractivity (Wildman–Crippen MR) is 223 cm³/mol. The minimum Gasteiger partial charge on any atom is -0.456 e. The molecule has 54 heavy (non-hydrogen) atoms. The maximum absolute atomic E-state index is 6.71. The summed E-state index contributed by atoms with van der Waals surface area (Å²) in [5.41, 5.74) is 10.5. The van der Waals surface area contributed by atoms with Crippen molar-refractivity contribution in [3.8, 4) is 16.8 Å². The SMILES string of the molecule is c1ccc(C2=NC(c3cccc4oc5cc(-n6c7ccccc7c7c(-c8ccccc8)c8ccccc8cc76)ccc5c34)NC(c3ccccc3)=N2)cc1. The number of para-hydroxylation sites is 1. The Hall–Kier alpha value is -7.24. The van der Waals surface area contributed by atoms with E-state index >= 15 is 0 Å². The van der Waals surface area contributed by atoms with Gasteiger partial charge in [-0.05, 0) is 52.2 Å². The highest BCUT2D eigenvalue weighted by atomic mass is 16.3. The summed E-state index contributed by atoms with van der Waals surface area (Å²) in [5.74, 6) is 1.48. The number of nitrogens with zero attached hydrogens (tertiary/aromatic N) is 3. The number of furan rings is 1. The maximum Gasteiger partial charge on any atom is 0.159 e. The summed E-state index contributed by atoms with van der Waals surface area (Å²) < 4.78 is 9.10. The van der Waals surface area contributed by atoms with Gasteiger partial charge in [-0.3, -0.25) is 0 Å². The fraction of sp³-hybridized carbons (Fsp3) is 0.0204. The van der Waals surface area contributed by atoms with E-state index in [2.05, 4.69) is 149 Å². The average Bonchev–Trinajstić information content (AvgIpc) is 3.78. The lowest BCUT2D eigenvalue weighted by atomic mass is 9.93. The Morgan fingerprint density at radius 2 is 1.19 bits per heavy atom. The fourth-order valence-electron chi connectivity index (χ4n) is 8.25. The Kier molecular flexibility index (Phi) is 6.85. The number of benzene rings is 8. The van der Waals surface area contributed by atoms with E-state index in [1.165, 1.54) is 32.7 Å². The van der Waals surface area contributed by atoms with Crippen molar-refractivity contribution in [2.75, 3.05) is 0 Å². The van der Waals surface area contributed by atoms with Gasteiger partial charge in [0, 0.05) is 50.0 Å². The molecule has 0 fully saturated rings. The molecule has 1 N–H and O–H groups in total. The highest BCUT2D eigenvalue weighted by Crippen LogP contribution is 2.44. The molecule has 2 aromatic heterocycles. The molecule has 0 amide bonds. The van der Waals surface area contributed by atoms with Gasteiger partial charge in [0.15, 0.2) is 5.84 Å². The van der Waals surface area contributed by atoms with Crippen molar-refractivity contribution in [1.29, 1.82) is 0 Å². The summed E-state index contributed by atoms with van der Waals surface area (Å²) in [5, 5.41) is 10.7. The highest BCUT2D eigenvalue weighted by molar-refractivity contribution is 6.23. The predicted octanol–water partition coefficient (Wildman–Crippen LogP) is 12.0. The van der Waals surface area contributed by atoms with Gasteiger partial charge in [0.25, 0.3) is 0 Å². The Morgan fingerprint density at radius 1 is 0.500 bits per heavy atom. The molecule has 11 rings (SSSR count). The number of hydrogen-bond donors (Lipinski definition) is 1. The van der Waals surface area contributed by atoms with Gasteiger partial charge in [-0.1, -0.05) is 146 Å². The third kappa shape index (κ3) is 4.79. The van der Waals surface area contributed by atoms with Gasteiger partial charge >= 0.3 is 0 Å². The van der Waals surface area contributed by atoms with Crippen molar-refractivity contribution >= 4 is 66.2 Å². The van der Waals surface area contributed by atoms with E-state index in [9.17, 15) is 0 Å². The zero-order valence-electron chi connectivity index (χ0n) is 29.1. The monoisotopic (exact) mass is 692 g/mol. The van der Waals surface area contributed by atoms with Crippen LogP contribution < -0.4 is 5.32 Å². The molecule has 254 valence electrons. The summed E-state index contributed by atoms with van der Waals surface area (Å²) in [4.78, 5) is 10.2. The Morgan fingerprint density at radius 3 is 1.98 bits per heavy atom. The van der Waals surface area contributed by atoms with Gasteiger partial charge in [-0.15, -0.1) is 0 Å². The van der Waals surface area contributed by atoms with Crippen LogP contribution in [0.15, 0.2) is 196 Å². The third-order valence-corrected chi connectivity index (χ3v) is 10.6. The standard InChI is InChI=1S/C49H32N4O/c1-4-15-31(16-5-1)44-36-22-11-10-21-34(36)29-41-46(44)37-23-12-13-25-40(37)53(41)35-27-28-38-43(30-35)54-42-26-14-24-39(45(38)42)49-51-47(32-17-6-2-7-18-32)50-48(52-49)33-19-8-3-9-20-33/h1-30,49H,(H,50,51,52). The van der Waals surface area contributed by atoms with Crippen molar-refractivity contribution < 1.29 is 4.42 Å². The molecule has 0 spiro atoms. The van der Waals surface area contributed by atoms with E-state index in [0.29, 0.717) is 5.84 Å². The number of fused-ring (bicyclic) bond motifs is 7. The quantitative estimate of drug-likeness (QED) is 0.195. The molecule has 5 nitrogen and oxygen atoms in total. The van der Waals surface area contributed by atoms with Crippen molar-refractivity contribution in [2.24, 2.45) is 9.98 Å². The van der Waals surface area contributed by atoms with Crippen LogP contribution in [-0.4, -0.2) is 16.2 Å². The lowest BCUT2D eigenvalue weighted by Crippen LogP contribution is -2.33.